The molecule has 0 spiro atoms. The predicted molar refractivity (Wildman–Crippen MR) is 54.7 cm³/mol. The van der Waals surface area contributed by atoms with E-state index in [1.54, 1.807) is 0 Å². The van der Waals surface area contributed by atoms with Crippen molar-refractivity contribution in [3.8, 4) is 0 Å². The molecule has 1 N–H and O–H groups in total. The third-order valence-corrected chi connectivity index (χ3v) is 3.29. The Morgan fingerprint density at radius 2 is 2.06 bits per heavy atom. The lowest BCUT2D eigenvalue weighted by Crippen LogP contribution is -2.47. The average molecular weight is 268 g/mol. The van der Waals surface area contributed by atoms with Gasteiger partial charge in [-0.3, -0.25) is 9.59 Å². The summed E-state index contributed by atoms with van der Waals surface area (Å²) in [6.07, 6.45) is -5.40. The minimum atomic E-state index is -4.48. The van der Waals surface area contributed by atoms with Gasteiger partial charge in [0.15, 0.2) is 5.41 Å². The number of esters is 1. The van der Waals surface area contributed by atoms with Gasteiger partial charge in [-0.25, -0.2) is 0 Å². The van der Waals surface area contributed by atoms with Gasteiger partial charge in [0, 0.05) is 0 Å². The number of rotatable bonds is 3. The van der Waals surface area contributed by atoms with Crippen LogP contribution in [0.2, 0.25) is 0 Å². The molecular weight excluding hydrogens is 253 g/mol. The molecule has 0 heterocycles. The molecule has 1 saturated carbocycles. The molecule has 1 fully saturated rings. The van der Waals surface area contributed by atoms with Crippen molar-refractivity contribution in [1.29, 1.82) is 0 Å². The molecule has 18 heavy (non-hydrogen) atoms. The van der Waals surface area contributed by atoms with E-state index in [1.807, 2.05) is 0 Å². The minimum absolute atomic E-state index is 0.0509. The second-order valence-corrected chi connectivity index (χ2v) is 4.44. The van der Waals surface area contributed by atoms with Gasteiger partial charge < -0.3 is 9.84 Å². The summed E-state index contributed by atoms with van der Waals surface area (Å²) in [6, 6.07) is 0. The van der Waals surface area contributed by atoms with Crippen molar-refractivity contribution in [1.82, 2.24) is 0 Å². The fourth-order valence-corrected chi connectivity index (χ4v) is 2.29. The van der Waals surface area contributed by atoms with E-state index in [9.17, 15) is 22.8 Å². The highest BCUT2D eigenvalue weighted by Crippen LogP contribution is 2.46. The fourth-order valence-electron chi connectivity index (χ4n) is 2.29. The van der Waals surface area contributed by atoms with Crippen LogP contribution in [0.4, 0.5) is 13.2 Å². The van der Waals surface area contributed by atoms with Crippen molar-refractivity contribution in [2.45, 2.75) is 38.8 Å². The number of carboxylic acids is 1. The molecule has 0 aliphatic heterocycles. The maximum atomic E-state index is 12.7. The zero-order valence-electron chi connectivity index (χ0n) is 9.92. The largest absolute Gasteiger partial charge is 0.480 e. The molecule has 7 heteroatoms. The Kier molecular flexibility index (Phi) is 4.24. The number of hydrogen-bond acceptors (Lipinski definition) is 3. The van der Waals surface area contributed by atoms with E-state index >= 15 is 0 Å². The maximum absolute atomic E-state index is 12.7. The van der Waals surface area contributed by atoms with Gasteiger partial charge in [-0.1, -0.05) is 6.42 Å². The molecule has 0 aromatic heterocycles. The van der Waals surface area contributed by atoms with Crippen molar-refractivity contribution in [2.75, 3.05) is 6.61 Å². The van der Waals surface area contributed by atoms with Gasteiger partial charge in [0.25, 0.3) is 0 Å². The number of carbonyl (C=O) groups is 2. The number of ether oxygens (including phenoxy) is 1. The Morgan fingerprint density at radius 1 is 1.44 bits per heavy atom. The second kappa shape index (κ2) is 5.16. The topological polar surface area (TPSA) is 63.6 Å². The normalized spacial score (nSPS) is 28.8. The highest BCUT2D eigenvalue weighted by atomic mass is 19.4. The summed E-state index contributed by atoms with van der Waals surface area (Å²) < 4.78 is 42.6. The van der Waals surface area contributed by atoms with Crippen molar-refractivity contribution in [3.63, 3.8) is 0 Å². The van der Waals surface area contributed by atoms with Crippen LogP contribution in [0.1, 0.15) is 32.6 Å². The summed E-state index contributed by atoms with van der Waals surface area (Å²) in [5.41, 5.74) is -2.05. The van der Waals surface area contributed by atoms with Gasteiger partial charge in [0.2, 0.25) is 0 Å². The first-order valence-electron chi connectivity index (χ1n) is 5.71. The van der Waals surface area contributed by atoms with Crippen LogP contribution in [0.5, 0.6) is 0 Å². The van der Waals surface area contributed by atoms with E-state index in [0.717, 1.165) is 0 Å². The molecule has 2 atom stereocenters. The Morgan fingerprint density at radius 3 is 2.50 bits per heavy atom. The van der Waals surface area contributed by atoms with Crippen LogP contribution in [-0.2, 0) is 14.3 Å². The summed E-state index contributed by atoms with van der Waals surface area (Å²) in [6.45, 7) is 1.43. The van der Waals surface area contributed by atoms with Gasteiger partial charge in [0.1, 0.15) is 0 Å². The number of hydrogen-bond donors (Lipinski definition) is 1. The summed E-state index contributed by atoms with van der Waals surface area (Å²) in [5.74, 6) is -4.35. The van der Waals surface area contributed by atoms with Gasteiger partial charge in [-0.05, 0) is 26.2 Å². The zero-order chi connectivity index (χ0) is 14.0. The first-order valence-corrected chi connectivity index (χ1v) is 5.71. The third-order valence-electron chi connectivity index (χ3n) is 3.29. The Hall–Kier alpha value is -1.27. The van der Waals surface area contributed by atoms with Crippen molar-refractivity contribution in [2.24, 2.45) is 11.3 Å². The standard InChI is InChI=1S/C11H15F3O4/c1-2-18-9(17)10(8(15)16)5-3-4-7(6-10)11(12,13)14/h7H,2-6H2,1H3,(H,15,16). The summed E-state index contributed by atoms with van der Waals surface area (Å²) in [7, 11) is 0. The van der Waals surface area contributed by atoms with E-state index in [1.165, 1.54) is 6.92 Å². The lowest BCUT2D eigenvalue weighted by Gasteiger charge is -2.36. The van der Waals surface area contributed by atoms with E-state index in [2.05, 4.69) is 4.74 Å². The van der Waals surface area contributed by atoms with Crippen molar-refractivity contribution < 1.29 is 32.6 Å². The van der Waals surface area contributed by atoms with E-state index < -0.39 is 35.9 Å². The van der Waals surface area contributed by atoms with Gasteiger partial charge in [0.05, 0.1) is 12.5 Å². The fraction of sp³-hybridized carbons (Fsp3) is 0.818. The lowest BCUT2D eigenvalue weighted by atomic mass is 9.69. The molecule has 0 aromatic carbocycles. The van der Waals surface area contributed by atoms with Crippen molar-refractivity contribution in [3.05, 3.63) is 0 Å². The Labute approximate surface area is 102 Å². The first-order chi connectivity index (χ1) is 8.24. The number of carboxylic acid groups (broad SMARTS) is 1. The smallest absolute Gasteiger partial charge is 0.391 e. The molecule has 2 unspecified atom stereocenters. The SMILES string of the molecule is CCOC(=O)C1(C(=O)O)CCCC(C(F)(F)F)C1. The maximum Gasteiger partial charge on any atom is 0.391 e. The molecule has 104 valence electrons. The van der Waals surface area contributed by atoms with Crippen LogP contribution in [0.15, 0.2) is 0 Å². The first kappa shape index (κ1) is 14.8. The molecular formula is C11H15F3O4. The molecule has 1 rings (SSSR count). The van der Waals surface area contributed by atoms with E-state index in [-0.39, 0.29) is 25.9 Å². The molecule has 0 radical (unpaired) electrons. The molecule has 0 aromatic rings. The molecule has 0 saturated heterocycles. The lowest BCUT2D eigenvalue weighted by molar-refractivity contribution is -0.202. The average Bonchev–Trinajstić information content (AvgIpc) is 2.28. The Balaban J connectivity index is 2.98. The van der Waals surface area contributed by atoms with Crippen LogP contribution >= 0.6 is 0 Å². The van der Waals surface area contributed by atoms with Crippen LogP contribution in [0.3, 0.4) is 0 Å². The second-order valence-electron chi connectivity index (χ2n) is 4.44. The van der Waals surface area contributed by atoms with Crippen LogP contribution in [-0.4, -0.2) is 29.8 Å². The minimum Gasteiger partial charge on any atom is -0.480 e. The third kappa shape index (κ3) is 2.76. The zero-order valence-corrected chi connectivity index (χ0v) is 9.92. The number of aliphatic carboxylic acids is 1. The van der Waals surface area contributed by atoms with Gasteiger partial charge >= 0.3 is 18.1 Å². The number of alkyl halides is 3. The van der Waals surface area contributed by atoms with Crippen LogP contribution < -0.4 is 0 Å². The Bertz CT molecular complexity index is 340. The van der Waals surface area contributed by atoms with Gasteiger partial charge in [-0.2, -0.15) is 13.2 Å². The molecule has 0 amide bonds. The quantitative estimate of drug-likeness (QED) is 0.630. The molecule has 1 aliphatic rings. The van der Waals surface area contributed by atoms with Crippen LogP contribution in [0.25, 0.3) is 0 Å². The summed E-state index contributed by atoms with van der Waals surface area (Å²) in [4.78, 5) is 22.9. The van der Waals surface area contributed by atoms with E-state index in [0.29, 0.717) is 0 Å². The molecule has 0 bridgehead atoms. The van der Waals surface area contributed by atoms with Gasteiger partial charge in [-0.15, -0.1) is 0 Å². The summed E-state index contributed by atoms with van der Waals surface area (Å²) in [5, 5.41) is 9.10. The summed E-state index contributed by atoms with van der Waals surface area (Å²) >= 11 is 0. The molecule has 1 aliphatic carbocycles. The highest BCUT2D eigenvalue weighted by Gasteiger charge is 2.56. The monoisotopic (exact) mass is 268 g/mol. The predicted octanol–water partition coefficient (Wildman–Crippen LogP) is 2.37. The van der Waals surface area contributed by atoms with Crippen molar-refractivity contribution >= 4 is 11.9 Å². The number of carbonyl (C=O) groups excluding carboxylic acids is 1. The van der Waals surface area contributed by atoms with Crippen LogP contribution in [0, 0.1) is 11.3 Å². The van der Waals surface area contributed by atoms with E-state index in [4.69, 9.17) is 5.11 Å². The highest BCUT2D eigenvalue weighted by molar-refractivity contribution is 5.99. The number of halogens is 3. The molecule has 4 nitrogen and oxygen atoms in total.